The van der Waals surface area contributed by atoms with Crippen molar-refractivity contribution in [1.29, 1.82) is 0 Å². The van der Waals surface area contributed by atoms with Crippen molar-refractivity contribution in [3.63, 3.8) is 0 Å². The van der Waals surface area contributed by atoms with Crippen molar-refractivity contribution in [3.05, 3.63) is 10.1 Å². The van der Waals surface area contributed by atoms with E-state index in [4.69, 9.17) is 0 Å². The van der Waals surface area contributed by atoms with Crippen LogP contribution in [0.1, 0.15) is 19.3 Å². The SMILES string of the molecule is O=C1CCC[C@H]2[C@@H]1[C@H]2[N+](=O)[O-]. The first-order chi connectivity index (χ1) is 5.22. The monoisotopic (exact) mass is 155 g/mol. The molecular formula is C7H9NO3. The van der Waals surface area contributed by atoms with Crippen molar-refractivity contribution in [1.82, 2.24) is 0 Å². The fourth-order valence-corrected chi connectivity index (χ4v) is 2.10. The van der Waals surface area contributed by atoms with Gasteiger partial charge in [-0.3, -0.25) is 14.9 Å². The summed E-state index contributed by atoms with van der Waals surface area (Å²) in [5.74, 6) is -0.00653. The number of carbonyl (C=O) groups excluding carboxylic acids is 1. The van der Waals surface area contributed by atoms with Crippen LogP contribution in [0.3, 0.4) is 0 Å². The molecule has 0 aromatic rings. The van der Waals surface area contributed by atoms with Crippen molar-refractivity contribution in [2.24, 2.45) is 11.8 Å². The molecule has 0 heterocycles. The van der Waals surface area contributed by atoms with E-state index in [0.717, 1.165) is 12.8 Å². The Morgan fingerprint density at radius 3 is 2.82 bits per heavy atom. The van der Waals surface area contributed by atoms with E-state index in [1.807, 2.05) is 0 Å². The number of nitrogens with zero attached hydrogens (tertiary/aromatic N) is 1. The van der Waals surface area contributed by atoms with Crippen molar-refractivity contribution < 1.29 is 9.72 Å². The highest BCUT2D eigenvalue weighted by atomic mass is 16.6. The van der Waals surface area contributed by atoms with Gasteiger partial charge in [-0.25, -0.2) is 0 Å². The zero-order valence-corrected chi connectivity index (χ0v) is 6.03. The van der Waals surface area contributed by atoms with Gasteiger partial charge in [-0.15, -0.1) is 0 Å². The molecule has 2 rings (SSSR count). The average molecular weight is 155 g/mol. The lowest BCUT2D eigenvalue weighted by molar-refractivity contribution is -0.500. The molecule has 0 saturated heterocycles. The Balaban J connectivity index is 2.10. The largest absolute Gasteiger partial charge is 0.299 e. The fraction of sp³-hybridized carbons (Fsp3) is 0.857. The Morgan fingerprint density at radius 1 is 1.55 bits per heavy atom. The van der Waals surface area contributed by atoms with Crippen LogP contribution in [0.2, 0.25) is 0 Å². The maximum atomic E-state index is 11.0. The van der Waals surface area contributed by atoms with Gasteiger partial charge < -0.3 is 0 Å². The molecule has 0 aromatic carbocycles. The summed E-state index contributed by atoms with van der Waals surface area (Å²) in [5.41, 5.74) is 0. The summed E-state index contributed by atoms with van der Waals surface area (Å²) in [5, 5.41) is 10.3. The van der Waals surface area contributed by atoms with Crippen LogP contribution in [0.4, 0.5) is 0 Å². The highest BCUT2D eigenvalue weighted by Gasteiger charge is 2.64. The van der Waals surface area contributed by atoms with Gasteiger partial charge in [0.2, 0.25) is 6.04 Å². The Kier molecular flexibility index (Phi) is 1.25. The lowest BCUT2D eigenvalue weighted by Gasteiger charge is -2.02. The highest BCUT2D eigenvalue weighted by Crippen LogP contribution is 2.49. The van der Waals surface area contributed by atoms with Crippen LogP contribution in [0.25, 0.3) is 0 Å². The molecule has 4 nitrogen and oxygen atoms in total. The standard InChI is InChI=1S/C7H9NO3/c9-5-3-1-2-4-6(5)7(4)8(10)11/h4,6-7H,1-3H2/t4-,6-,7-/m0/s1. The van der Waals surface area contributed by atoms with Gasteiger partial charge in [0.15, 0.2) is 0 Å². The van der Waals surface area contributed by atoms with Crippen LogP contribution < -0.4 is 0 Å². The van der Waals surface area contributed by atoms with Gasteiger partial charge in [-0.05, 0) is 12.8 Å². The zero-order chi connectivity index (χ0) is 8.01. The van der Waals surface area contributed by atoms with Crippen LogP contribution in [-0.2, 0) is 4.79 Å². The van der Waals surface area contributed by atoms with Crippen LogP contribution in [0, 0.1) is 22.0 Å². The maximum absolute atomic E-state index is 11.0. The minimum atomic E-state index is -0.523. The van der Waals surface area contributed by atoms with E-state index in [9.17, 15) is 14.9 Å². The van der Waals surface area contributed by atoms with Crippen molar-refractivity contribution in [3.8, 4) is 0 Å². The molecule has 2 aliphatic carbocycles. The van der Waals surface area contributed by atoms with Gasteiger partial charge in [0.1, 0.15) is 5.78 Å². The first-order valence-corrected chi connectivity index (χ1v) is 3.88. The number of hydrogen-bond donors (Lipinski definition) is 0. The van der Waals surface area contributed by atoms with E-state index >= 15 is 0 Å². The number of nitro groups is 1. The Labute approximate surface area is 63.7 Å². The first-order valence-electron chi connectivity index (χ1n) is 3.88. The van der Waals surface area contributed by atoms with Crippen molar-refractivity contribution in [2.45, 2.75) is 25.3 Å². The number of hydrogen-bond acceptors (Lipinski definition) is 3. The molecule has 11 heavy (non-hydrogen) atoms. The smallest absolute Gasteiger partial charge is 0.227 e. The summed E-state index contributed by atoms with van der Waals surface area (Å²) in [6.07, 6.45) is 2.29. The van der Waals surface area contributed by atoms with Crippen LogP contribution >= 0.6 is 0 Å². The summed E-state index contributed by atoms with van der Waals surface area (Å²) >= 11 is 0. The van der Waals surface area contributed by atoms with Gasteiger partial charge in [0.25, 0.3) is 0 Å². The van der Waals surface area contributed by atoms with E-state index < -0.39 is 6.04 Å². The lowest BCUT2D eigenvalue weighted by Crippen LogP contribution is -2.10. The molecule has 4 heteroatoms. The number of rotatable bonds is 1. The molecule has 2 aliphatic rings. The molecule has 2 fully saturated rings. The molecular weight excluding hydrogens is 146 g/mol. The van der Waals surface area contributed by atoms with Gasteiger partial charge in [-0.2, -0.15) is 0 Å². The minimum absolute atomic E-state index is 0.0891. The van der Waals surface area contributed by atoms with Crippen molar-refractivity contribution >= 4 is 5.78 Å². The second-order valence-corrected chi connectivity index (χ2v) is 3.32. The molecule has 3 atom stereocenters. The third kappa shape index (κ3) is 0.852. The summed E-state index contributed by atoms with van der Waals surface area (Å²) in [6, 6.07) is -0.523. The quantitative estimate of drug-likeness (QED) is 0.412. The summed E-state index contributed by atoms with van der Waals surface area (Å²) in [4.78, 5) is 21.1. The molecule has 2 saturated carbocycles. The Morgan fingerprint density at radius 2 is 2.27 bits per heavy atom. The van der Waals surface area contributed by atoms with Crippen LogP contribution in [-0.4, -0.2) is 16.7 Å². The summed E-state index contributed by atoms with van der Waals surface area (Å²) < 4.78 is 0. The summed E-state index contributed by atoms with van der Waals surface area (Å²) in [7, 11) is 0. The average Bonchev–Trinajstić information content (AvgIpc) is 2.62. The van der Waals surface area contributed by atoms with E-state index in [1.165, 1.54) is 0 Å². The second kappa shape index (κ2) is 2.03. The normalized spacial score (nSPS) is 41.5. The molecule has 0 bridgehead atoms. The topological polar surface area (TPSA) is 60.2 Å². The van der Waals surface area contributed by atoms with Crippen molar-refractivity contribution in [2.75, 3.05) is 0 Å². The van der Waals surface area contributed by atoms with E-state index in [2.05, 4.69) is 0 Å². The van der Waals surface area contributed by atoms with Crippen LogP contribution in [0.15, 0.2) is 0 Å². The second-order valence-electron chi connectivity index (χ2n) is 3.32. The van der Waals surface area contributed by atoms with E-state index in [0.29, 0.717) is 6.42 Å². The first kappa shape index (κ1) is 6.76. The molecule has 0 aromatic heterocycles. The number of ketones is 1. The number of fused-ring (bicyclic) bond motifs is 1. The molecule has 60 valence electrons. The molecule has 0 radical (unpaired) electrons. The Hall–Kier alpha value is -0.930. The minimum Gasteiger partial charge on any atom is -0.299 e. The maximum Gasteiger partial charge on any atom is 0.227 e. The van der Waals surface area contributed by atoms with E-state index in [1.54, 1.807) is 0 Å². The fourth-order valence-electron chi connectivity index (χ4n) is 2.10. The van der Waals surface area contributed by atoms with E-state index in [-0.39, 0.29) is 22.5 Å². The Bertz CT molecular complexity index is 222. The zero-order valence-electron chi connectivity index (χ0n) is 6.03. The molecule has 0 amide bonds. The number of Topliss-reactive ketones (excluding diaryl/α,β-unsaturated/α-hetero) is 1. The van der Waals surface area contributed by atoms with Gasteiger partial charge in [0.05, 0.1) is 5.92 Å². The lowest BCUT2D eigenvalue weighted by atomic mass is 10.00. The molecule has 0 N–H and O–H groups in total. The highest BCUT2D eigenvalue weighted by molar-refractivity contribution is 5.85. The predicted molar refractivity (Wildman–Crippen MR) is 36.6 cm³/mol. The van der Waals surface area contributed by atoms with Gasteiger partial charge >= 0.3 is 0 Å². The summed E-state index contributed by atoms with van der Waals surface area (Å²) in [6.45, 7) is 0. The van der Waals surface area contributed by atoms with Gasteiger partial charge in [-0.1, -0.05) is 0 Å². The van der Waals surface area contributed by atoms with Crippen LogP contribution in [0.5, 0.6) is 0 Å². The third-order valence-corrected chi connectivity index (χ3v) is 2.70. The predicted octanol–water partition coefficient (Wildman–Crippen LogP) is 0.631. The van der Waals surface area contributed by atoms with Gasteiger partial charge in [0, 0.05) is 17.3 Å². The molecule has 0 spiro atoms. The molecule has 0 aliphatic heterocycles. The third-order valence-electron chi connectivity index (χ3n) is 2.70. The molecule has 0 unspecified atom stereocenters. The number of carbonyl (C=O) groups is 1.